The van der Waals surface area contributed by atoms with Crippen molar-refractivity contribution in [3.05, 3.63) is 70.8 Å². The van der Waals surface area contributed by atoms with Gasteiger partial charge in [-0.15, -0.1) is 5.10 Å². The molecule has 6 rings (SSSR count). The van der Waals surface area contributed by atoms with Crippen LogP contribution in [0.4, 0.5) is 0 Å². The molecule has 4 heterocycles. The number of carboxylic acid groups (broad SMARTS) is 1. The molecule has 8 heteroatoms. The van der Waals surface area contributed by atoms with Crippen molar-refractivity contribution < 1.29 is 9.90 Å². The number of fused-ring (bicyclic) bond motifs is 3. The first-order chi connectivity index (χ1) is 18.7. The first-order valence-corrected chi connectivity index (χ1v) is 14.1. The minimum Gasteiger partial charge on any atom is -0.481 e. The summed E-state index contributed by atoms with van der Waals surface area (Å²) in [5.41, 5.74) is 5.75. The van der Waals surface area contributed by atoms with E-state index in [0.29, 0.717) is 12.1 Å². The lowest BCUT2D eigenvalue weighted by atomic mass is 9.70. The van der Waals surface area contributed by atoms with E-state index in [1.165, 1.54) is 32.1 Å². The van der Waals surface area contributed by atoms with E-state index >= 15 is 0 Å². The summed E-state index contributed by atoms with van der Waals surface area (Å²) in [6, 6.07) is 11.7. The summed E-state index contributed by atoms with van der Waals surface area (Å²) in [5, 5.41) is 19.0. The summed E-state index contributed by atoms with van der Waals surface area (Å²) in [6.07, 6.45) is 10.4. The fourth-order valence-corrected chi connectivity index (χ4v) is 7.05. The van der Waals surface area contributed by atoms with E-state index in [1.54, 1.807) is 4.68 Å². The number of piperidine rings is 1. The van der Waals surface area contributed by atoms with Crippen molar-refractivity contribution in [2.75, 3.05) is 0 Å². The second kappa shape index (κ2) is 9.59. The van der Waals surface area contributed by atoms with Gasteiger partial charge in [0.2, 0.25) is 0 Å². The second-order valence-corrected chi connectivity index (χ2v) is 12.1. The van der Waals surface area contributed by atoms with E-state index in [9.17, 15) is 9.90 Å². The maximum Gasteiger partial charge on any atom is 0.310 e. The molecule has 3 unspecified atom stereocenters. The predicted octanol–water partition coefficient (Wildman–Crippen LogP) is 5.53. The number of rotatable bonds is 7. The van der Waals surface area contributed by atoms with Crippen LogP contribution in [0.2, 0.25) is 0 Å². The van der Waals surface area contributed by atoms with Gasteiger partial charge in [0, 0.05) is 43.1 Å². The van der Waals surface area contributed by atoms with Crippen LogP contribution < -0.4 is 0 Å². The van der Waals surface area contributed by atoms with E-state index in [-0.39, 0.29) is 5.92 Å². The van der Waals surface area contributed by atoms with Crippen LogP contribution in [0.5, 0.6) is 0 Å². The smallest absolute Gasteiger partial charge is 0.310 e. The third-order valence-electron chi connectivity index (χ3n) is 9.38. The lowest BCUT2D eigenvalue weighted by Crippen LogP contribution is -2.39. The molecule has 2 bridgehead atoms. The molecular weight excluding hydrogens is 488 g/mol. The average Bonchev–Trinajstić information content (AvgIpc) is 3.57. The molecule has 3 atom stereocenters. The molecule has 0 radical (unpaired) electrons. The molecule has 4 aromatic rings. The Hall–Kier alpha value is -3.52. The molecule has 0 spiro atoms. The maximum atomic E-state index is 12.7. The fraction of sp³-hybridized carbons (Fsp3) is 0.484. The van der Waals surface area contributed by atoms with Crippen LogP contribution >= 0.6 is 0 Å². The highest BCUT2D eigenvalue weighted by Crippen LogP contribution is 2.44. The minimum atomic E-state index is -1.06. The van der Waals surface area contributed by atoms with Gasteiger partial charge in [-0.3, -0.25) is 9.69 Å². The molecular formula is C31H38N6O2. The highest BCUT2D eigenvalue weighted by Gasteiger charge is 2.41. The van der Waals surface area contributed by atoms with Gasteiger partial charge < -0.3 is 9.67 Å². The summed E-state index contributed by atoms with van der Waals surface area (Å²) < 4.78 is 3.96. The molecule has 0 amide bonds. The summed E-state index contributed by atoms with van der Waals surface area (Å²) in [6.45, 7) is 8.61. The van der Waals surface area contributed by atoms with Crippen LogP contribution in [0.3, 0.4) is 0 Å². The number of aryl methyl sites for hydroxylation is 3. The number of aliphatic carboxylic acids is 1. The van der Waals surface area contributed by atoms with Gasteiger partial charge in [-0.25, -0.2) is 9.67 Å². The highest BCUT2D eigenvalue weighted by molar-refractivity contribution is 5.82. The molecule has 39 heavy (non-hydrogen) atoms. The SMILES string of the molecule is Cc1ccc(C(c2ccc3c(nnn3C)c2C)C(C)(C)C(=O)O)cc1-n1ccnc1CN1C2CCCC1CC2. The van der Waals surface area contributed by atoms with E-state index in [2.05, 4.69) is 44.9 Å². The van der Waals surface area contributed by atoms with Gasteiger partial charge in [0.15, 0.2) is 0 Å². The normalized spacial score (nSPS) is 20.5. The van der Waals surface area contributed by atoms with Gasteiger partial charge in [0.25, 0.3) is 0 Å². The van der Waals surface area contributed by atoms with Gasteiger partial charge in [-0.05, 0) is 87.8 Å². The second-order valence-electron chi connectivity index (χ2n) is 12.1. The largest absolute Gasteiger partial charge is 0.481 e. The molecule has 8 nitrogen and oxygen atoms in total. The quantitative estimate of drug-likeness (QED) is 0.341. The Bertz CT molecular complexity index is 1530. The Kier molecular flexibility index (Phi) is 6.33. The molecule has 2 aromatic carbocycles. The fourth-order valence-electron chi connectivity index (χ4n) is 7.05. The number of imidazole rings is 1. The zero-order valence-corrected chi connectivity index (χ0v) is 23.6. The highest BCUT2D eigenvalue weighted by atomic mass is 16.4. The summed E-state index contributed by atoms with van der Waals surface area (Å²) in [4.78, 5) is 20.1. The van der Waals surface area contributed by atoms with Crippen molar-refractivity contribution in [1.29, 1.82) is 0 Å². The zero-order chi connectivity index (χ0) is 27.5. The number of carbonyl (C=O) groups is 1. The van der Waals surface area contributed by atoms with Crippen LogP contribution in [0, 0.1) is 19.3 Å². The molecule has 2 aliphatic heterocycles. The van der Waals surface area contributed by atoms with E-state index < -0.39 is 11.4 Å². The standard InChI is InChI=1S/C31H38N6O2/c1-19-9-10-21(17-26(19)36-16-15-32-27(36)18-37-22-7-6-8-23(37)12-11-22)28(31(3,4)30(38)39)24-13-14-25-29(20(24)2)33-34-35(25)5/h9-10,13-17,22-23,28H,6-8,11-12,18H2,1-5H3,(H,38,39). The molecule has 2 aliphatic rings. The van der Waals surface area contributed by atoms with Crippen molar-refractivity contribution in [2.24, 2.45) is 12.5 Å². The summed E-state index contributed by atoms with van der Waals surface area (Å²) in [5.74, 6) is -0.178. The van der Waals surface area contributed by atoms with Crippen LogP contribution in [0.15, 0.2) is 42.7 Å². The Morgan fingerprint density at radius 3 is 2.56 bits per heavy atom. The van der Waals surface area contributed by atoms with Gasteiger partial charge in [-0.1, -0.05) is 29.8 Å². The number of nitrogens with zero attached hydrogens (tertiary/aromatic N) is 6. The average molecular weight is 527 g/mol. The number of hydrogen-bond donors (Lipinski definition) is 1. The maximum absolute atomic E-state index is 12.7. The first kappa shape index (κ1) is 25.7. The van der Waals surface area contributed by atoms with Crippen LogP contribution in [0.1, 0.15) is 79.9 Å². The lowest BCUT2D eigenvalue weighted by Gasteiger charge is -2.34. The zero-order valence-electron chi connectivity index (χ0n) is 23.6. The molecule has 0 saturated carbocycles. The van der Waals surface area contributed by atoms with Gasteiger partial charge in [-0.2, -0.15) is 0 Å². The van der Waals surface area contributed by atoms with Crippen molar-refractivity contribution in [3.63, 3.8) is 0 Å². The summed E-state index contributed by atoms with van der Waals surface area (Å²) >= 11 is 0. The Labute approximate surface area is 229 Å². The number of carboxylic acids is 1. The van der Waals surface area contributed by atoms with Gasteiger partial charge in [0.1, 0.15) is 11.3 Å². The minimum absolute atomic E-state index is 0.384. The lowest BCUT2D eigenvalue weighted by molar-refractivity contribution is -0.147. The van der Waals surface area contributed by atoms with Gasteiger partial charge in [0.05, 0.1) is 17.5 Å². The molecule has 2 fully saturated rings. The van der Waals surface area contributed by atoms with E-state index in [4.69, 9.17) is 4.98 Å². The van der Waals surface area contributed by atoms with Gasteiger partial charge >= 0.3 is 5.97 Å². The third-order valence-corrected chi connectivity index (χ3v) is 9.38. The Balaban J connectivity index is 1.44. The molecule has 204 valence electrons. The molecule has 2 aromatic heterocycles. The first-order valence-electron chi connectivity index (χ1n) is 14.1. The Morgan fingerprint density at radius 1 is 1.10 bits per heavy atom. The number of aromatic nitrogens is 5. The predicted molar refractivity (Wildman–Crippen MR) is 151 cm³/mol. The van der Waals surface area contributed by atoms with E-state index in [1.807, 2.05) is 52.3 Å². The number of hydrogen-bond acceptors (Lipinski definition) is 5. The molecule has 2 saturated heterocycles. The third kappa shape index (κ3) is 4.25. The van der Waals surface area contributed by atoms with E-state index in [0.717, 1.165) is 51.3 Å². The number of benzene rings is 2. The van der Waals surface area contributed by atoms with Crippen LogP contribution in [0.25, 0.3) is 16.7 Å². The van der Waals surface area contributed by atoms with Crippen molar-refractivity contribution in [1.82, 2.24) is 29.4 Å². The van der Waals surface area contributed by atoms with Crippen LogP contribution in [-0.4, -0.2) is 52.6 Å². The topological polar surface area (TPSA) is 89.1 Å². The molecule has 1 N–H and O–H groups in total. The Morgan fingerprint density at radius 2 is 1.85 bits per heavy atom. The molecule has 0 aliphatic carbocycles. The van der Waals surface area contributed by atoms with Crippen molar-refractivity contribution in [2.45, 2.75) is 84.3 Å². The monoisotopic (exact) mass is 526 g/mol. The van der Waals surface area contributed by atoms with Crippen molar-refractivity contribution in [3.8, 4) is 5.69 Å². The summed E-state index contributed by atoms with van der Waals surface area (Å²) in [7, 11) is 1.87. The van der Waals surface area contributed by atoms with Crippen LogP contribution in [-0.2, 0) is 18.4 Å². The van der Waals surface area contributed by atoms with Crippen molar-refractivity contribution >= 4 is 17.0 Å².